The molecule has 0 aromatic rings. The molecule has 3 heterocycles. The van der Waals surface area contributed by atoms with Gasteiger partial charge in [0.1, 0.15) is 73.1 Å². The van der Waals surface area contributed by atoms with Crippen molar-refractivity contribution in [2.75, 3.05) is 46.1 Å². The lowest BCUT2D eigenvalue weighted by molar-refractivity contribution is -0.270. The fourth-order valence-corrected chi connectivity index (χ4v) is 9.83. The maximum absolute atomic E-state index is 13.8. The van der Waals surface area contributed by atoms with Gasteiger partial charge in [0.15, 0.2) is 18.4 Å². The van der Waals surface area contributed by atoms with Crippen molar-refractivity contribution in [3.8, 4) is 0 Å². The zero-order chi connectivity index (χ0) is 60.9. The third-order valence-electron chi connectivity index (χ3n) is 14.4. The average Bonchev–Trinajstić information content (AvgIpc) is 3.43. The summed E-state index contributed by atoms with van der Waals surface area (Å²) in [5.41, 5.74) is 0. The van der Waals surface area contributed by atoms with Crippen LogP contribution in [0, 0.1) is 0 Å². The zero-order valence-electron chi connectivity index (χ0n) is 47.6. The van der Waals surface area contributed by atoms with E-state index in [0.717, 1.165) is 0 Å². The summed E-state index contributed by atoms with van der Waals surface area (Å²) >= 11 is 0. The summed E-state index contributed by atoms with van der Waals surface area (Å²) in [7, 11) is 0. The van der Waals surface area contributed by atoms with E-state index in [1.165, 1.54) is 27.7 Å². The molecule has 29 heteroatoms. The highest BCUT2D eigenvalue weighted by Crippen LogP contribution is 2.27. The highest BCUT2D eigenvalue weighted by molar-refractivity contribution is 5.92. The molecular weight excluding hydrogens is 1090 g/mol. The van der Waals surface area contributed by atoms with E-state index in [1.807, 2.05) is 0 Å². The first-order valence-electron chi connectivity index (χ1n) is 28.6. The van der Waals surface area contributed by atoms with E-state index in [9.17, 15) is 84.3 Å². The summed E-state index contributed by atoms with van der Waals surface area (Å²) < 4.78 is 28.3. The van der Waals surface area contributed by atoms with Crippen LogP contribution in [0.2, 0.25) is 0 Å². The summed E-state index contributed by atoms with van der Waals surface area (Å²) in [4.78, 5) is 100. The third-order valence-corrected chi connectivity index (χ3v) is 14.4. The number of ether oxygens (including phenoxy) is 5. The first-order chi connectivity index (χ1) is 39.0. The standard InChI is InChI=1S/C53H93N7O22/c1-29(64)33(16-8-12-22-54-39(68)19-7-5-6-18-35-42(56-30(2)65)48(74)45(71)36(26-61)80-35)60-51(77)34(59-41(70)21-11-15-25-79-53-44(58-32(4)67)50(76)47(73)38(28-63)82-53)17-9-13-23-55-40(69)20-10-14-24-78-52-43(57-31(3)66)49(75)46(72)37(27-62)81-52/h33-38,42-50,52-53,61-63,71-76H,5-28H2,1-4H3,(H,54,68)(H,55,69)(H,56,65)(H,57,66)(H,58,67)(H,59,70)(H,60,77)/t33?,34?,35-,36?,37?,38?,42?,43-,44-,45-,46-,47-,48+,49?,50?,52+,53+/m0/s1. The van der Waals surface area contributed by atoms with Gasteiger partial charge in [0.2, 0.25) is 41.4 Å². The summed E-state index contributed by atoms with van der Waals surface area (Å²) in [5.74, 6) is -3.28. The second-order valence-corrected chi connectivity index (χ2v) is 21.2. The van der Waals surface area contributed by atoms with E-state index in [0.29, 0.717) is 77.2 Å². The number of amides is 7. The summed E-state index contributed by atoms with van der Waals surface area (Å²) in [5, 5.41) is 110. The van der Waals surface area contributed by atoms with Crippen LogP contribution >= 0.6 is 0 Å². The van der Waals surface area contributed by atoms with Gasteiger partial charge in [-0.1, -0.05) is 12.8 Å². The largest absolute Gasteiger partial charge is 0.394 e. The third kappa shape index (κ3) is 24.9. The van der Waals surface area contributed by atoms with Crippen molar-refractivity contribution in [3.05, 3.63) is 0 Å². The van der Waals surface area contributed by atoms with Crippen LogP contribution in [0.25, 0.3) is 0 Å². The number of carbonyl (C=O) groups is 8. The van der Waals surface area contributed by atoms with E-state index in [2.05, 4.69) is 37.2 Å². The minimum atomic E-state index is -1.50. The van der Waals surface area contributed by atoms with Gasteiger partial charge in [-0.05, 0) is 84.0 Å². The van der Waals surface area contributed by atoms with Crippen molar-refractivity contribution in [2.45, 2.75) is 241 Å². The molecule has 29 nitrogen and oxygen atoms in total. The van der Waals surface area contributed by atoms with E-state index in [4.69, 9.17) is 23.7 Å². The minimum Gasteiger partial charge on any atom is -0.394 e. The van der Waals surface area contributed by atoms with Crippen molar-refractivity contribution in [1.29, 1.82) is 0 Å². The average molecular weight is 1180 g/mol. The van der Waals surface area contributed by atoms with Gasteiger partial charge >= 0.3 is 0 Å². The maximum atomic E-state index is 13.8. The molecule has 3 fully saturated rings. The van der Waals surface area contributed by atoms with Crippen molar-refractivity contribution < 1.29 is 108 Å². The molecule has 16 N–H and O–H groups in total. The van der Waals surface area contributed by atoms with E-state index in [1.54, 1.807) is 0 Å². The molecule has 82 heavy (non-hydrogen) atoms. The monoisotopic (exact) mass is 1180 g/mol. The number of aliphatic hydroxyl groups excluding tert-OH is 9. The van der Waals surface area contributed by atoms with Crippen LogP contribution in [0.4, 0.5) is 0 Å². The van der Waals surface area contributed by atoms with Gasteiger partial charge in [-0.3, -0.25) is 38.4 Å². The summed E-state index contributed by atoms with van der Waals surface area (Å²) in [6.45, 7) is 3.93. The molecule has 0 spiro atoms. The number of Topliss-reactive ketones (excluding diaryl/α,β-unsaturated/α-hetero) is 1. The van der Waals surface area contributed by atoms with E-state index >= 15 is 0 Å². The van der Waals surface area contributed by atoms with Gasteiger partial charge in [0.05, 0.1) is 38.0 Å². The van der Waals surface area contributed by atoms with Crippen molar-refractivity contribution in [1.82, 2.24) is 37.2 Å². The first-order valence-corrected chi connectivity index (χ1v) is 28.6. The van der Waals surface area contributed by atoms with Crippen LogP contribution in [-0.4, -0.2) is 243 Å². The Morgan fingerprint density at radius 3 is 1.27 bits per heavy atom. The number of carbonyl (C=O) groups excluding carboxylic acids is 8. The maximum Gasteiger partial charge on any atom is 0.243 e. The van der Waals surface area contributed by atoms with Crippen LogP contribution in [0.15, 0.2) is 0 Å². The number of hydrogen-bond acceptors (Lipinski definition) is 22. The zero-order valence-corrected chi connectivity index (χ0v) is 47.6. The SMILES string of the molecule is CC(=O)NC1[C@H](CCCCCC(=O)NCCCCC(NC(=O)C(CCCCNC(=O)CCCCO[C@@H]2OC(CO)[C@H](O)C(O)[C@@H]2NC(C)=O)NC(=O)CCCCO[C@@H]2OC(CO)[C@H](O)C(O)[C@@H]2NC(C)=O)C(C)=O)OC(CO)[C@H](O)[C@@H]1O. The van der Waals surface area contributed by atoms with E-state index in [-0.39, 0.29) is 75.9 Å². The van der Waals surface area contributed by atoms with Crippen molar-refractivity contribution in [2.24, 2.45) is 0 Å². The second-order valence-electron chi connectivity index (χ2n) is 21.2. The Hall–Kier alpha value is -4.60. The number of unbranched alkanes of at least 4 members (excludes halogenated alkanes) is 6. The van der Waals surface area contributed by atoms with E-state index < -0.39 is 153 Å². The van der Waals surface area contributed by atoms with Crippen LogP contribution in [0.3, 0.4) is 0 Å². The number of hydrogen-bond donors (Lipinski definition) is 16. The Morgan fingerprint density at radius 2 is 0.829 bits per heavy atom. The number of aliphatic hydroxyl groups is 9. The molecule has 472 valence electrons. The summed E-state index contributed by atoms with van der Waals surface area (Å²) in [6, 6.07) is -5.08. The molecule has 0 aromatic carbocycles. The number of ketones is 1. The Balaban J connectivity index is 1.47. The highest BCUT2D eigenvalue weighted by atomic mass is 16.7. The molecule has 3 rings (SSSR count). The van der Waals surface area contributed by atoms with Gasteiger partial charge < -0.3 is 107 Å². The summed E-state index contributed by atoms with van der Waals surface area (Å²) in [6.07, 6.45) is -9.04. The lowest BCUT2D eigenvalue weighted by Gasteiger charge is -2.42. The van der Waals surface area contributed by atoms with Gasteiger partial charge in [0, 0.05) is 66.3 Å². The molecule has 3 aliphatic heterocycles. The Labute approximate surface area is 478 Å². The molecule has 7 amide bonds. The molecule has 0 bridgehead atoms. The number of rotatable bonds is 38. The van der Waals surface area contributed by atoms with Crippen LogP contribution < -0.4 is 37.2 Å². The Morgan fingerprint density at radius 1 is 0.427 bits per heavy atom. The van der Waals surface area contributed by atoms with Crippen LogP contribution in [0.5, 0.6) is 0 Å². The van der Waals surface area contributed by atoms with Crippen LogP contribution in [0.1, 0.15) is 137 Å². The molecule has 0 aromatic heterocycles. The van der Waals surface area contributed by atoms with Crippen molar-refractivity contribution >= 4 is 47.1 Å². The second kappa shape index (κ2) is 38.4. The lowest BCUT2D eigenvalue weighted by Crippen LogP contribution is -2.64. The van der Waals surface area contributed by atoms with Gasteiger partial charge in [0.25, 0.3) is 0 Å². The molecule has 0 saturated carbocycles. The minimum absolute atomic E-state index is 0.00515. The normalized spacial score (nSPS) is 28.9. The molecule has 0 aliphatic carbocycles. The molecule has 8 unspecified atom stereocenters. The smallest absolute Gasteiger partial charge is 0.243 e. The van der Waals surface area contributed by atoms with Crippen LogP contribution in [-0.2, 0) is 62.0 Å². The Kier molecular flexibility index (Phi) is 33.5. The molecule has 3 saturated heterocycles. The topological polar surface area (TPSA) is 449 Å². The fraction of sp³-hybridized carbons (Fsp3) is 0.849. The van der Waals surface area contributed by atoms with Gasteiger partial charge in [-0.25, -0.2) is 0 Å². The highest BCUT2D eigenvalue weighted by Gasteiger charge is 2.47. The van der Waals surface area contributed by atoms with Gasteiger partial charge in [-0.2, -0.15) is 0 Å². The molecular formula is C53H93N7O22. The number of nitrogens with one attached hydrogen (secondary N) is 7. The predicted octanol–water partition coefficient (Wildman–Crippen LogP) is -4.68. The van der Waals surface area contributed by atoms with Gasteiger partial charge in [-0.15, -0.1) is 0 Å². The quantitative estimate of drug-likeness (QED) is 0.0258. The van der Waals surface area contributed by atoms with Crippen molar-refractivity contribution in [3.63, 3.8) is 0 Å². The first kappa shape index (κ1) is 71.7. The Bertz CT molecular complexity index is 1980. The lowest BCUT2D eigenvalue weighted by atomic mass is 9.90. The predicted molar refractivity (Wildman–Crippen MR) is 287 cm³/mol. The fourth-order valence-electron chi connectivity index (χ4n) is 9.83. The molecule has 3 aliphatic rings. The molecule has 17 atom stereocenters. The molecule has 0 radical (unpaired) electrons.